The summed E-state index contributed by atoms with van der Waals surface area (Å²) in [6.45, 7) is 25.7. The first kappa shape index (κ1) is 85.5. The molecule has 2 unspecified atom stereocenters. The number of aldehydes is 1. The number of ketones is 3. The summed E-state index contributed by atoms with van der Waals surface area (Å²) in [7, 11) is 6.40. The summed E-state index contributed by atoms with van der Waals surface area (Å²) in [5, 5.41) is 71.1. The molecule has 0 radical (unpaired) electrons. The molecule has 0 spiro atoms. The lowest BCUT2D eigenvalue weighted by Crippen LogP contribution is -2.40. The number of aliphatic hydroxyl groups is 8. The van der Waals surface area contributed by atoms with Crippen molar-refractivity contribution < 1.29 is 79.0 Å². The summed E-state index contributed by atoms with van der Waals surface area (Å²) in [4.78, 5) is 61.7. The van der Waals surface area contributed by atoms with Gasteiger partial charge in [-0.05, 0) is 109 Å². The Balaban J connectivity index is -0.000000498. The van der Waals surface area contributed by atoms with Gasteiger partial charge in [-0.1, -0.05) is 156 Å². The molecule has 0 amide bonds. The largest absolute Gasteiger partial charge is 0.462 e. The summed E-state index contributed by atoms with van der Waals surface area (Å²) in [5.74, 6) is -5.30. The van der Waals surface area contributed by atoms with Crippen LogP contribution in [0.15, 0.2) is 47.6 Å². The zero-order valence-corrected chi connectivity index (χ0v) is 53.1. The Labute approximate surface area is 485 Å². The van der Waals surface area contributed by atoms with E-state index in [-0.39, 0.29) is 48.4 Å². The number of likely N-dealkylation sites (tertiary alicyclic amines) is 1. The van der Waals surface area contributed by atoms with Gasteiger partial charge in [-0.25, -0.2) is 0 Å². The van der Waals surface area contributed by atoms with Crippen LogP contribution >= 0.6 is 0 Å². The van der Waals surface area contributed by atoms with Gasteiger partial charge < -0.3 is 60.0 Å². The van der Waals surface area contributed by atoms with E-state index in [2.05, 4.69) is 24.9 Å². The molecule has 1 saturated carbocycles. The topological polar surface area (TPSA) is 278 Å². The van der Waals surface area contributed by atoms with Gasteiger partial charge in [0.25, 0.3) is 5.78 Å². The van der Waals surface area contributed by atoms with E-state index in [1.165, 1.54) is 91.0 Å². The molecule has 0 bridgehead atoms. The van der Waals surface area contributed by atoms with Crippen molar-refractivity contribution in [2.75, 3.05) is 54.7 Å². The van der Waals surface area contributed by atoms with Gasteiger partial charge in [0.15, 0.2) is 18.4 Å². The maximum atomic E-state index is 13.3. The number of hydrogen-bond donors (Lipinski definition) is 8. The molecule has 17 heteroatoms. The van der Waals surface area contributed by atoms with Crippen molar-refractivity contribution in [1.29, 1.82) is 0 Å². The average molecular weight is 1150 g/mol. The first-order valence-electron chi connectivity index (χ1n) is 29.6. The van der Waals surface area contributed by atoms with E-state index in [1.54, 1.807) is 19.9 Å². The highest BCUT2D eigenvalue weighted by Crippen LogP contribution is 2.24. The average Bonchev–Trinajstić information content (AvgIpc) is 3.46. The van der Waals surface area contributed by atoms with Crippen molar-refractivity contribution in [2.45, 2.75) is 242 Å². The molecule has 2 rings (SSSR count). The quantitative estimate of drug-likeness (QED) is 0.00610. The van der Waals surface area contributed by atoms with E-state index in [0.717, 1.165) is 45.6 Å². The molecule has 1 heterocycles. The number of esters is 1. The van der Waals surface area contributed by atoms with Crippen molar-refractivity contribution in [3.63, 3.8) is 0 Å². The van der Waals surface area contributed by atoms with E-state index < -0.39 is 66.7 Å². The first-order valence-corrected chi connectivity index (χ1v) is 29.6. The normalized spacial score (nSPS) is 17.0. The molecule has 1 aliphatic carbocycles. The van der Waals surface area contributed by atoms with Gasteiger partial charge in [-0.3, -0.25) is 24.0 Å². The molecule has 1 aliphatic heterocycles. The molecule has 80 heavy (non-hydrogen) atoms. The molecular weight excluding hydrogens is 1030 g/mol. The molecule has 0 aromatic rings. The van der Waals surface area contributed by atoms with Crippen LogP contribution in [0.5, 0.6) is 0 Å². The predicted octanol–water partition coefficient (Wildman–Crippen LogP) is 9.37. The van der Waals surface area contributed by atoms with Crippen LogP contribution in [0.2, 0.25) is 0 Å². The van der Waals surface area contributed by atoms with Crippen molar-refractivity contribution >= 4 is 29.6 Å². The number of ether oxygens (including phenoxy) is 3. The number of unbranched alkanes of at least 4 members (excludes halogenated alkanes) is 3. The van der Waals surface area contributed by atoms with E-state index in [1.807, 2.05) is 86.8 Å². The summed E-state index contributed by atoms with van der Waals surface area (Å²) in [6, 6.07) is 0. The van der Waals surface area contributed by atoms with Gasteiger partial charge in [0.05, 0.1) is 24.7 Å². The van der Waals surface area contributed by atoms with Crippen molar-refractivity contribution in [2.24, 2.45) is 29.1 Å². The molecule has 8 N–H and O–H groups in total. The number of carbonyl (C=O) groups excluding carboxylic acids is 5. The fourth-order valence-electron chi connectivity index (χ4n) is 8.17. The fraction of sp³-hybridized carbons (Fsp3) is 0.794. The molecule has 17 nitrogen and oxygen atoms in total. The van der Waals surface area contributed by atoms with E-state index in [4.69, 9.17) is 39.7 Å². The number of rotatable bonds is 31. The Bertz CT molecular complexity index is 1660. The number of methoxy groups -OCH3 is 2. The molecule has 472 valence electrons. The van der Waals surface area contributed by atoms with Crippen LogP contribution in [0.4, 0.5) is 0 Å². The number of carbonyl (C=O) groups is 5. The molecule has 1 saturated heterocycles. The Hall–Kier alpha value is -3.33. The number of piperidine rings is 1. The smallest absolute Gasteiger partial charge is 0.302 e. The highest BCUT2D eigenvalue weighted by molar-refractivity contribution is 6.28. The third-order valence-corrected chi connectivity index (χ3v) is 14.0. The maximum absolute atomic E-state index is 13.3. The van der Waals surface area contributed by atoms with Gasteiger partial charge >= 0.3 is 5.97 Å². The third kappa shape index (κ3) is 42.5. The minimum Gasteiger partial charge on any atom is -0.462 e. The van der Waals surface area contributed by atoms with Crippen LogP contribution < -0.4 is 0 Å². The second-order valence-corrected chi connectivity index (χ2v) is 21.0. The van der Waals surface area contributed by atoms with Crippen LogP contribution in [-0.4, -0.2) is 167 Å². The van der Waals surface area contributed by atoms with Gasteiger partial charge in [0, 0.05) is 52.9 Å². The monoisotopic (exact) mass is 1150 g/mol. The Morgan fingerprint density at radius 3 is 1.75 bits per heavy atom. The summed E-state index contributed by atoms with van der Waals surface area (Å²) >= 11 is 0. The second-order valence-electron chi connectivity index (χ2n) is 21.0. The number of Topliss-reactive ketones (excluding diaryl/α,β-unsaturated/α-hetero) is 3. The number of aliphatic hydroxyl groups excluding tert-OH is 5. The molecule has 2 fully saturated rings. The van der Waals surface area contributed by atoms with Crippen LogP contribution in [0, 0.1) is 29.1 Å². The van der Waals surface area contributed by atoms with E-state index >= 15 is 0 Å². The summed E-state index contributed by atoms with van der Waals surface area (Å²) in [5.41, 5.74) is 0.528. The molecule has 0 aromatic carbocycles. The highest BCUT2D eigenvalue weighted by Gasteiger charge is 2.34. The Kier molecular flexibility index (Phi) is 57.3. The van der Waals surface area contributed by atoms with E-state index in [9.17, 15) is 39.3 Å². The van der Waals surface area contributed by atoms with Crippen molar-refractivity contribution in [3.8, 4) is 0 Å². The van der Waals surface area contributed by atoms with Crippen molar-refractivity contribution in [3.05, 3.63) is 47.6 Å². The summed E-state index contributed by atoms with van der Waals surface area (Å²) < 4.78 is 16.0. The number of hydrogen-bond acceptors (Lipinski definition) is 17. The zero-order chi connectivity index (χ0) is 62.9. The van der Waals surface area contributed by atoms with Crippen LogP contribution in [0.3, 0.4) is 0 Å². The Morgan fingerprint density at radius 2 is 1.32 bits per heavy atom. The van der Waals surface area contributed by atoms with Crippen LogP contribution in [0.1, 0.15) is 206 Å². The lowest BCUT2D eigenvalue weighted by molar-refractivity contribution is -0.184. The van der Waals surface area contributed by atoms with Gasteiger partial charge in [0.1, 0.15) is 24.1 Å². The van der Waals surface area contributed by atoms with E-state index in [0.29, 0.717) is 24.5 Å². The highest BCUT2D eigenvalue weighted by atomic mass is 16.5. The molecule has 0 aromatic heterocycles. The molecule has 2 aliphatic rings. The SMILES string of the molecule is CC.CC.CC(CO)(CO)C(O)O.CC[C@@H](C)[C@H](CC(=O)[C@H](C)/C=C(\C)C(O)[C@@H](OC)C(=O)C(C)C[C@H](C)/C=C/C=CC/C=C(\C)CCCCCCC(O)(O)C(=O)C=O)OC(C)=O.CN1CCCCC1.CO.COC1CCCCC1. The van der Waals surface area contributed by atoms with Crippen LogP contribution in [-0.2, 0) is 38.2 Å². The maximum Gasteiger partial charge on any atom is 0.302 e. The van der Waals surface area contributed by atoms with Crippen LogP contribution in [0.25, 0.3) is 0 Å². The number of nitrogens with zero attached hydrogens (tertiary/aromatic N) is 1. The molecular formula is C63H119NO16. The third-order valence-electron chi connectivity index (χ3n) is 14.0. The minimum absolute atomic E-state index is 0.0277. The number of allylic oxidation sites excluding steroid dienone is 7. The zero-order valence-electron chi connectivity index (χ0n) is 53.1. The standard InChI is InChI=1S/C40H64O10.C7H14O.C6H13N.C5H12O4.2C2H6.CH4O/c1-10-29(4)35(50-33(8)42)25-34(43)30(5)24-32(7)38(46)39(49-9)37(45)31(6)23-28(3)21-17-12-11-15-19-27(2)20-16-13-14-18-22-40(47,48)36(44)26-41;1-8-7-5-3-2-4-6-7;1-7-5-3-2-4-6-7;1-5(2-6,3-7)4(8)9;3*1-2/h11-12,17,19,21,24,26,28-31,35,38-39,46-48H,10,13-16,18,20,22-23,25H2,1-9H3;7H,2-6H2,1H3;2-6H2,1H3;4,6-9H,2-3H2,1H3;2*1-2H3;2H,1H3/b12-11?,21-17+,27-19+,32-24+;;;;;;/t28-,29-,30-,31?,35+,38?,39+;;;;;;/m1....../s1. The Morgan fingerprint density at radius 1 is 0.787 bits per heavy atom. The summed E-state index contributed by atoms with van der Waals surface area (Å²) in [6.07, 6.45) is 24.9. The fourth-order valence-corrected chi connectivity index (χ4v) is 8.17. The first-order chi connectivity index (χ1) is 37.8. The molecule has 7 atom stereocenters. The van der Waals surface area contributed by atoms with Crippen molar-refractivity contribution in [1.82, 2.24) is 4.90 Å². The lowest BCUT2D eigenvalue weighted by Gasteiger charge is -2.26. The van der Waals surface area contributed by atoms with Gasteiger partial charge in [-0.15, -0.1) is 0 Å². The van der Waals surface area contributed by atoms with Gasteiger partial charge in [-0.2, -0.15) is 0 Å². The second kappa shape index (κ2) is 53.7. The minimum atomic E-state index is -2.56. The van der Waals surface area contributed by atoms with Gasteiger partial charge in [0.2, 0.25) is 5.79 Å². The lowest BCUT2D eigenvalue weighted by atomic mass is 9.87. The predicted molar refractivity (Wildman–Crippen MR) is 321 cm³/mol.